The maximum atomic E-state index is 12.8. The molecule has 2 aromatic carbocycles. The number of carbonyl (C=O) groups excluding carboxylic acids is 1. The number of thiazole rings is 1. The van der Waals surface area contributed by atoms with Crippen LogP contribution in [-0.2, 0) is 16.6 Å². The number of amides is 1. The quantitative estimate of drug-likeness (QED) is 0.666. The number of hydrogen-bond acceptors (Lipinski definition) is 4. The smallest absolute Gasteiger partial charge is 0.236 e. The first-order valence-corrected chi connectivity index (χ1v) is 9.55. The molecule has 0 bridgehead atoms. The Kier molecular flexibility index (Phi) is 4.42. The van der Waals surface area contributed by atoms with Gasteiger partial charge < -0.3 is 10.4 Å². The van der Waals surface area contributed by atoms with Gasteiger partial charge in [-0.25, -0.2) is 4.98 Å². The van der Waals surface area contributed by atoms with Crippen molar-refractivity contribution in [1.29, 1.82) is 0 Å². The molecular weight excluding hydrogens is 368 g/mol. The normalized spacial score (nSPS) is 14.8. The summed E-state index contributed by atoms with van der Waals surface area (Å²) < 4.78 is 0. The molecule has 132 valence electrons. The highest BCUT2D eigenvalue weighted by Gasteiger charge is 2.51. The van der Waals surface area contributed by atoms with Crippen molar-refractivity contribution >= 4 is 34.0 Å². The standard InChI is InChI=1S/C20H17ClN2O2S/c21-17-4-2-1-3-13(17)11-16-12-22-19(26-16)23-18(25)20(9-10-20)14-5-7-15(24)8-6-14/h1-8,12,24H,9-11H2,(H,22,23,25). The summed E-state index contributed by atoms with van der Waals surface area (Å²) in [6.07, 6.45) is 4.09. The molecule has 1 aliphatic rings. The molecule has 0 radical (unpaired) electrons. The number of benzene rings is 2. The van der Waals surface area contributed by atoms with E-state index in [4.69, 9.17) is 11.6 Å². The summed E-state index contributed by atoms with van der Waals surface area (Å²) in [5, 5.41) is 13.7. The maximum Gasteiger partial charge on any atom is 0.236 e. The Hall–Kier alpha value is -2.37. The van der Waals surface area contributed by atoms with Crippen molar-refractivity contribution in [1.82, 2.24) is 4.98 Å². The van der Waals surface area contributed by atoms with Gasteiger partial charge in [0.15, 0.2) is 5.13 Å². The SMILES string of the molecule is O=C(Nc1ncc(Cc2ccccc2Cl)s1)C1(c2ccc(O)cc2)CC1. The molecule has 1 aliphatic carbocycles. The highest BCUT2D eigenvalue weighted by Crippen LogP contribution is 2.49. The van der Waals surface area contributed by atoms with Gasteiger partial charge in [0.1, 0.15) is 5.75 Å². The van der Waals surface area contributed by atoms with Crippen LogP contribution in [0.4, 0.5) is 5.13 Å². The van der Waals surface area contributed by atoms with Gasteiger partial charge in [-0.05, 0) is 42.2 Å². The largest absolute Gasteiger partial charge is 0.508 e. The van der Waals surface area contributed by atoms with Crippen LogP contribution < -0.4 is 5.32 Å². The second-order valence-electron chi connectivity index (χ2n) is 6.48. The Bertz CT molecular complexity index is 948. The summed E-state index contributed by atoms with van der Waals surface area (Å²) in [6.45, 7) is 0. The van der Waals surface area contributed by atoms with E-state index in [1.54, 1.807) is 18.3 Å². The van der Waals surface area contributed by atoms with Crippen molar-refractivity contribution in [2.45, 2.75) is 24.7 Å². The fraction of sp³-hybridized carbons (Fsp3) is 0.200. The number of aromatic nitrogens is 1. The number of carbonyl (C=O) groups is 1. The highest BCUT2D eigenvalue weighted by atomic mass is 35.5. The molecule has 0 aliphatic heterocycles. The number of phenolic OH excluding ortho intramolecular Hbond substituents is 1. The first kappa shape index (κ1) is 17.1. The predicted octanol–water partition coefficient (Wildman–Crippen LogP) is 4.76. The molecule has 1 saturated carbocycles. The van der Waals surface area contributed by atoms with Gasteiger partial charge in [-0.2, -0.15) is 0 Å². The summed E-state index contributed by atoms with van der Waals surface area (Å²) in [6, 6.07) is 14.6. The predicted molar refractivity (Wildman–Crippen MR) is 104 cm³/mol. The van der Waals surface area contributed by atoms with Crippen LogP contribution in [0.25, 0.3) is 0 Å². The van der Waals surface area contributed by atoms with Crippen molar-refractivity contribution in [2.75, 3.05) is 5.32 Å². The summed E-state index contributed by atoms with van der Waals surface area (Å²) in [5.74, 6) is 0.163. The Balaban J connectivity index is 1.46. The third kappa shape index (κ3) is 3.32. The third-order valence-corrected chi connectivity index (χ3v) is 5.98. The van der Waals surface area contributed by atoms with E-state index in [9.17, 15) is 9.90 Å². The summed E-state index contributed by atoms with van der Waals surface area (Å²) in [4.78, 5) is 18.2. The summed E-state index contributed by atoms with van der Waals surface area (Å²) >= 11 is 7.67. The van der Waals surface area contributed by atoms with E-state index in [1.165, 1.54) is 11.3 Å². The number of nitrogens with one attached hydrogen (secondary N) is 1. The molecule has 2 N–H and O–H groups in total. The molecule has 3 aromatic rings. The Morgan fingerprint density at radius 1 is 1.19 bits per heavy atom. The maximum absolute atomic E-state index is 12.8. The minimum absolute atomic E-state index is 0.0400. The van der Waals surface area contributed by atoms with E-state index < -0.39 is 5.41 Å². The number of anilines is 1. The molecule has 1 amide bonds. The number of phenols is 1. The molecule has 1 fully saturated rings. The van der Waals surface area contributed by atoms with Crippen molar-refractivity contribution < 1.29 is 9.90 Å². The first-order valence-electron chi connectivity index (χ1n) is 8.36. The van der Waals surface area contributed by atoms with Crippen LogP contribution in [0.5, 0.6) is 5.75 Å². The number of nitrogens with zero attached hydrogens (tertiary/aromatic N) is 1. The molecule has 4 rings (SSSR count). The lowest BCUT2D eigenvalue weighted by Crippen LogP contribution is -2.27. The van der Waals surface area contributed by atoms with Crippen LogP contribution >= 0.6 is 22.9 Å². The number of halogens is 1. The lowest BCUT2D eigenvalue weighted by atomic mass is 9.95. The number of hydrogen-bond donors (Lipinski definition) is 2. The lowest BCUT2D eigenvalue weighted by molar-refractivity contribution is -0.118. The highest BCUT2D eigenvalue weighted by molar-refractivity contribution is 7.15. The molecule has 1 aromatic heterocycles. The number of aromatic hydroxyl groups is 1. The summed E-state index contributed by atoms with van der Waals surface area (Å²) in [7, 11) is 0. The third-order valence-electron chi connectivity index (χ3n) is 4.70. The van der Waals surface area contributed by atoms with Crippen LogP contribution in [-0.4, -0.2) is 16.0 Å². The Labute approximate surface area is 160 Å². The van der Waals surface area contributed by atoms with Crippen molar-refractivity contribution in [3.05, 3.63) is 75.8 Å². The zero-order valence-corrected chi connectivity index (χ0v) is 15.5. The van der Waals surface area contributed by atoms with Crippen LogP contribution in [0.2, 0.25) is 5.02 Å². The zero-order chi connectivity index (χ0) is 18.1. The van der Waals surface area contributed by atoms with Gasteiger partial charge in [-0.1, -0.05) is 41.9 Å². The van der Waals surface area contributed by atoms with E-state index in [1.807, 2.05) is 36.4 Å². The monoisotopic (exact) mass is 384 g/mol. The van der Waals surface area contributed by atoms with Crippen molar-refractivity contribution in [3.8, 4) is 5.75 Å². The molecular formula is C20H17ClN2O2S. The molecule has 26 heavy (non-hydrogen) atoms. The lowest BCUT2D eigenvalue weighted by Gasteiger charge is -2.14. The van der Waals surface area contributed by atoms with Gasteiger partial charge in [-0.15, -0.1) is 11.3 Å². The van der Waals surface area contributed by atoms with E-state index in [2.05, 4.69) is 10.3 Å². The van der Waals surface area contributed by atoms with E-state index in [-0.39, 0.29) is 11.7 Å². The molecule has 6 heteroatoms. The van der Waals surface area contributed by atoms with Gasteiger partial charge in [0.25, 0.3) is 0 Å². The van der Waals surface area contributed by atoms with Crippen LogP contribution in [0.15, 0.2) is 54.7 Å². The minimum Gasteiger partial charge on any atom is -0.508 e. The average Bonchev–Trinajstić information content (AvgIpc) is 3.33. The molecule has 0 spiro atoms. The van der Waals surface area contributed by atoms with Gasteiger partial charge in [0, 0.05) is 22.5 Å². The molecule has 0 saturated heterocycles. The molecule has 0 unspecified atom stereocenters. The van der Waals surface area contributed by atoms with E-state index >= 15 is 0 Å². The molecule has 1 heterocycles. The second-order valence-corrected chi connectivity index (χ2v) is 8.01. The fourth-order valence-corrected chi connectivity index (χ4v) is 4.08. The van der Waals surface area contributed by atoms with E-state index in [0.29, 0.717) is 11.6 Å². The van der Waals surface area contributed by atoms with Gasteiger partial charge >= 0.3 is 0 Å². The van der Waals surface area contributed by atoms with Gasteiger partial charge in [-0.3, -0.25) is 4.79 Å². The minimum atomic E-state index is -0.498. The Morgan fingerprint density at radius 2 is 1.92 bits per heavy atom. The van der Waals surface area contributed by atoms with Gasteiger partial charge in [0.05, 0.1) is 5.41 Å². The first-order chi connectivity index (χ1) is 12.6. The van der Waals surface area contributed by atoms with Gasteiger partial charge in [0.2, 0.25) is 5.91 Å². The fourth-order valence-electron chi connectivity index (χ4n) is 3.05. The number of rotatable bonds is 5. The zero-order valence-electron chi connectivity index (χ0n) is 13.9. The molecule has 0 atom stereocenters. The summed E-state index contributed by atoms with van der Waals surface area (Å²) in [5.41, 5.74) is 1.47. The Morgan fingerprint density at radius 3 is 2.62 bits per heavy atom. The average molecular weight is 385 g/mol. The van der Waals surface area contributed by atoms with Crippen LogP contribution in [0, 0.1) is 0 Å². The molecule has 4 nitrogen and oxygen atoms in total. The van der Waals surface area contributed by atoms with Crippen LogP contribution in [0.1, 0.15) is 28.8 Å². The van der Waals surface area contributed by atoms with Crippen molar-refractivity contribution in [2.24, 2.45) is 0 Å². The second kappa shape index (κ2) is 6.74. The van der Waals surface area contributed by atoms with Crippen LogP contribution in [0.3, 0.4) is 0 Å². The van der Waals surface area contributed by atoms with E-state index in [0.717, 1.165) is 33.9 Å². The topological polar surface area (TPSA) is 62.2 Å². The van der Waals surface area contributed by atoms with Crippen molar-refractivity contribution in [3.63, 3.8) is 0 Å².